The van der Waals surface area contributed by atoms with Crippen molar-refractivity contribution in [1.82, 2.24) is 0 Å². The first-order chi connectivity index (χ1) is 4.54. The minimum Gasteiger partial charge on any atom is -0.390 e. The molecule has 0 saturated carbocycles. The molecule has 60 valence electrons. The van der Waals surface area contributed by atoms with Crippen molar-refractivity contribution in [2.45, 2.75) is 0 Å². The van der Waals surface area contributed by atoms with Crippen molar-refractivity contribution in [3.63, 3.8) is 0 Å². The van der Waals surface area contributed by atoms with Gasteiger partial charge in [-0.15, -0.1) is 0 Å². The van der Waals surface area contributed by atoms with Crippen LogP contribution >= 0.6 is 22.6 Å². The number of likely N-dealkylation sites (N-methyl/N-ethyl adjacent to an activating group) is 1. The van der Waals surface area contributed by atoms with E-state index in [1.54, 1.807) is 14.1 Å². The molecule has 4 heteroatoms. The molecule has 0 rings (SSSR count). The third-order valence-corrected chi connectivity index (χ3v) is 2.10. The smallest absolute Gasteiger partial charge is 0.323 e. The summed E-state index contributed by atoms with van der Waals surface area (Å²) in [5.41, 5.74) is 0. The van der Waals surface area contributed by atoms with E-state index >= 15 is 0 Å². The number of aliphatic hydroxyl groups excluding tert-OH is 1. The van der Waals surface area contributed by atoms with Crippen LogP contribution in [0.15, 0.2) is 0 Å². The summed E-state index contributed by atoms with van der Waals surface area (Å²) < 4.78 is 0.782. The summed E-state index contributed by atoms with van der Waals surface area (Å²) in [6.45, 7) is 0.567. The molecule has 0 atom stereocenters. The summed E-state index contributed by atoms with van der Waals surface area (Å²) in [6.07, 6.45) is 0. The topological polar surface area (TPSA) is 37.3 Å². The summed E-state index contributed by atoms with van der Waals surface area (Å²) in [5, 5.41) is 8.58. The van der Waals surface area contributed by atoms with Crippen LogP contribution in [0.25, 0.3) is 0 Å². The molecular weight excluding hydrogens is 245 g/mol. The van der Waals surface area contributed by atoms with E-state index in [1.807, 2.05) is 22.6 Å². The molecule has 0 radical (unpaired) electrons. The van der Waals surface area contributed by atoms with Gasteiger partial charge in [0.15, 0.2) is 0 Å². The minimum atomic E-state index is 0.0649. The van der Waals surface area contributed by atoms with E-state index in [1.165, 1.54) is 0 Å². The van der Waals surface area contributed by atoms with Crippen LogP contribution in [0.5, 0.6) is 0 Å². The Morgan fingerprint density at radius 2 is 2.10 bits per heavy atom. The third kappa shape index (κ3) is 2.94. The summed E-state index contributed by atoms with van der Waals surface area (Å²) in [5.74, 6) is 0.148. The van der Waals surface area contributed by atoms with Crippen LogP contribution in [0, 0.1) is 0 Å². The predicted molar refractivity (Wildman–Crippen MR) is 48.0 cm³/mol. The first-order valence-electron chi connectivity index (χ1n) is 3.08. The highest BCUT2D eigenvalue weighted by molar-refractivity contribution is 14.1. The van der Waals surface area contributed by atoms with E-state index in [9.17, 15) is 4.79 Å². The maximum atomic E-state index is 11.1. The number of hydrogen-bond donors (Lipinski definition) is 1. The minimum absolute atomic E-state index is 0.0649. The van der Waals surface area contributed by atoms with E-state index in [0.717, 1.165) is 0 Å². The molecule has 0 aromatic heterocycles. The van der Waals surface area contributed by atoms with E-state index in [2.05, 4.69) is 0 Å². The Hall–Kier alpha value is 0.320. The Morgan fingerprint density at radius 1 is 1.60 bits per heavy atom. The lowest BCUT2D eigenvalue weighted by Crippen LogP contribution is -2.48. The van der Waals surface area contributed by atoms with Crippen molar-refractivity contribution in [1.29, 1.82) is 0 Å². The molecule has 1 N–H and O–H groups in total. The number of aliphatic hydroxyl groups is 1. The number of carbonyl (C=O) groups is 1. The summed E-state index contributed by atoms with van der Waals surface area (Å²) in [4.78, 5) is 11.1. The largest absolute Gasteiger partial charge is 0.390 e. The van der Waals surface area contributed by atoms with Gasteiger partial charge in [-0.3, -0.25) is 4.48 Å². The Balaban J connectivity index is 3.96. The van der Waals surface area contributed by atoms with Crippen molar-refractivity contribution in [2.24, 2.45) is 0 Å². The fourth-order valence-corrected chi connectivity index (χ4v) is 1.46. The molecule has 0 unspecified atom stereocenters. The number of hydrogen-bond acceptors (Lipinski definition) is 2. The molecule has 10 heavy (non-hydrogen) atoms. The van der Waals surface area contributed by atoms with Gasteiger partial charge in [0, 0.05) is 0 Å². The van der Waals surface area contributed by atoms with Gasteiger partial charge in [0.05, 0.1) is 20.7 Å². The van der Waals surface area contributed by atoms with Crippen LogP contribution in [0.4, 0.5) is 0 Å². The lowest BCUT2D eigenvalue weighted by molar-refractivity contribution is -0.813. The quantitative estimate of drug-likeness (QED) is 0.440. The molecule has 0 bridgehead atoms. The molecule has 0 aromatic carbocycles. The van der Waals surface area contributed by atoms with Crippen LogP contribution in [-0.4, -0.2) is 47.2 Å². The molecular formula is C6H13INO2+. The average Bonchev–Trinajstić information content (AvgIpc) is 1.86. The van der Waals surface area contributed by atoms with Gasteiger partial charge in [-0.25, -0.2) is 4.79 Å². The zero-order valence-corrected chi connectivity index (χ0v) is 8.46. The SMILES string of the molecule is C[N+](C)(CCO)C(=O)CI. The van der Waals surface area contributed by atoms with Crippen LogP contribution in [0.3, 0.4) is 0 Å². The maximum Gasteiger partial charge on any atom is 0.323 e. The van der Waals surface area contributed by atoms with Gasteiger partial charge in [0.2, 0.25) is 0 Å². The highest BCUT2D eigenvalue weighted by Gasteiger charge is 2.23. The number of alkyl halides is 1. The first-order valence-corrected chi connectivity index (χ1v) is 4.60. The highest BCUT2D eigenvalue weighted by Crippen LogP contribution is 1.99. The van der Waals surface area contributed by atoms with Gasteiger partial charge >= 0.3 is 5.91 Å². The fourth-order valence-electron chi connectivity index (χ4n) is 0.536. The molecule has 3 nitrogen and oxygen atoms in total. The average molecular weight is 258 g/mol. The summed E-state index contributed by atoms with van der Waals surface area (Å²) in [6, 6.07) is 0. The molecule has 0 saturated heterocycles. The number of amides is 1. The van der Waals surface area contributed by atoms with E-state index in [-0.39, 0.29) is 17.0 Å². The van der Waals surface area contributed by atoms with Gasteiger partial charge in [-0.05, 0) is 0 Å². The van der Waals surface area contributed by atoms with Crippen molar-refractivity contribution in [3.05, 3.63) is 0 Å². The number of halogens is 1. The number of carbonyl (C=O) groups excluding carboxylic acids is 1. The lowest BCUT2D eigenvalue weighted by Gasteiger charge is -2.24. The van der Waals surface area contributed by atoms with Crippen LogP contribution < -0.4 is 0 Å². The van der Waals surface area contributed by atoms with Crippen LogP contribution in [-0.2, 0) is 4.79 Å². The molecule has 0 aliphatic rings. The molecule has 0 aromatic rings. The Morgan fingerprint density at radius 3 is 2.40 bits per heavy atom. The Labute approximate surface area is 74.8 Å². The molecule has 0 aliphatic carbocycles. The zero-order chi connectivity index (χ0) is 8.20. The fraction of sp³-hybridized carbons (Fsp3) is 0.833. The van der Waals surface area contributed by atoms with Gasteiger partial charge in [-0.2, -0.15) is 0 Å². The van der Waals surface area contributed by atoms with Gasteiger partial charge < -0.3 is 5.11 Å². The third-order valence-electron chi connectivity index (χ3n) is 1.45. The molecule has 1 amide bonds. The van der Waals surface area contributed by atoms with E-state index in [0.29, 0.717) is 11.0 Å². The molecule has 0 heterocycles. The van der Waals surface area contributed by atoms with Gasteiger partial charge in [0.25, 0.3) is 0 Å². The van der Waals surface area contributed by atoms with Crippen LogP contribution in [0.1, 0.15) is 0 Å². The van der Waals surface area contributed by atoms with Gasteiger partial charge in [0.1, 0.15) is 11.0 Å². The van der Waals surface area contributed by atoms with Crippen molar-refractivity contribution in [2.75, 3.05) is 31.7 Å². The standard InChI is InChI=1S/C6H13INO2/c1-8(2,3-4-9)6(10)5-7/h9H,3-5H2,1-2H3/q+1. The zero-order valence-electron chi connectivity index (χ0n) is 6.30. The van der Waals surface area contributed by atoms with Crippen molar-refractivity contribution < 1.29 is 14.4 Å². The number of quaternary nitrogens is 1. The predicted octanol–water partition coefficient (Wildman–Crippen LogP) is 0.0167. The van der Waals surface area contributed by atoms with Gasteiger partial charge in [-0.1, -0.05) is 22.6 Å². The normalized spacial score (nSPS) is 11.6. The second-order valence-corrected chi connectivity index (χ2v) is 3.42. The molecule has 0 spiro atoms. The number of nitrogens with zero attached hydrogens (tertiary/aromatic N) is 1. The first kappa shape index (κ1) is 10.3. The summed E-state index contributed by atoms with van der Waals surface area (Å²) >= 11 is 2.03. The number of rotatable bonds is 3. The van der Waals surface area contributed by atoms with E-state index in [4.69, 9.17) is 5.11 Å². The highest BCUT2D eigenvalue weighted by atomic mass is 127. The van der Waals surface area contributed by atoms with Crippen molar-refractivity contribution in [3.8, 4) is 0 Å². The molecule has 0 fully saturated rings. The van der Waals surface area contributed by atoms with E-state index < -0.39 is 0 Å². The lowest BCUT2D eigenvalue weighted by atomic mass is 10.4. The van der Waals surface area contributed by atoms with Crippen molar-refractivity contribution >= 4 is 28.5 Å². The van der Waals surface area contributed by atoms with Crippen LogP contribution in [0.2, 0.25) is 0 Å². The second kappa shape index (κ2) is 4.25. The Bertz CT molecular complexity index is 125. The second-order valence-electron chi connectivity index (χ2n) is 2.66. The maximum absolute atomic E-state index is 11.1. The summed E-state index contributed by atoms with van der Waals surface area (Å²) in [7, 11) is 3.61. The monoisotopic (exact) mass is 258 g/mol. The molecule has 0 aliphatic heterocycles. The Kier molecular flexibility index (Phi) is 4.39.